The molecule has 0 saturated heterocycles. The van der Waals surface area contributed by atoms with E-state index in [1.54, 1.807) is 26.4 Å². The van der Waals surface area contributed by atoms with Gasteiger partial charge in [-0.25, -0.2) is 0 Å². The number of imide groups is 1. The number of fused-ring (bicyclic) bond motifs is 1. The number of benzene rings is 2. The number of rotatable bonds is 7. The van der Waals surface area contributed by atoms with Gasteiger partial charge in [0.15, 0.2) is 11.5 Å². The van der Waals surface area contributed by atoms with Crippen LogP contribution in [0.3, 0.4) is 0 Å². The minimum atomic E-state index is -0.237. The molecule has 0 radical (unpaired) electrons. The molecule has 6 heteroatoms. The molecule has 0 atom stereocenters. The van der Waals surface area contributed by atoms with E-state index in [1.165, 1.54) is 16.0 Å². The van der Waals surface area contributed by atoms with Crippen molar-refractivity contribution in [2.45, 2.75) is 32.7 Å². The van der Waals surface area contributed by atoms with Crippen LogP contribution in [-0.4, -0.2) is 48.9 Å². The summed E-state index contributed by atoms with van der Waals surface area (Å²) < 4.78 is 10.8. The van der Waals surface area contributed by atoms with Crippen LogP contribution in [0.5, 0.6) is 11.5 Å². The normalized spacial score (nSPS) is 16.1. The summed E-state index contributed by atoms with van der Waals surface area (Å²) in [5, 5.41) is 0. The zero-order chi connectivity index (χ0) is 22.0. The number of hydrogen-bond acceptors (Lipinski definition) is 5. The minimum absolute atomic E-state index is 0.206. The SMILES string of the molecule is CCCCN1C(=O)C(c2ccc(OC)c(OC)c2)=C(N2CCc3ccccc3C2)C1=O. The Kier molecular flexibility index (Phi) is 5.98. The van der Waals surface area contributed by atoms with Crippen LogP contribution >= 0.6 is 0 Å². The molecule has 0 N–H and O–H groups in total. The lowest BCUT2D eigenvalue weighted by Crippen LogP contribution is -2.37. The summed E-state index contributed by atoms with van der Waals surface area (Å²) in [4.78, 5) is 30.3. The third kappa shape index (κ3) is 3.78. The van der Waals surface area contributed by atoms with Crippen molar-refractivity contribution in [2.24, 2.45) is 0 Å². The third-order valence-corrected chi connectivity index (χ3v) is 6.00. The molecule has 2 aliphatic heterocycles. The first-order chi connectivity index (χ1) is 15.1. The van der Waals surface area contributed by atoms with Crippen LogP contribution in [0.4, 0.5) is 0 Å². The van der Waals surface area contributed by atoms with E-state index < -0.39 is 0 Å². The van der Waals surface area contributed by atoms with Crippen molar-refractivity contribution >= 4 is 17.4 Å². The molecule has 2 aromatic carbocycles. The molecular weight excluding hydrogens is 392 g/mol. The molecule has 0 saturated carbocycles. The second kappa shape index (κ2) is 8.84. The number of hydrogen-bond donors (Lipinski definition) is 0. The van der Waals surface area contributed by atoms with Crippen LogP contribution in [0.1, 0.15) is 36.5 Å². The van der Waals surface area contributed by atoms with Crippen molar-refractivity contribution in [3.8, 4) is 11.5 Å². The second-order valence-electron chi connectivity index (χ2n) is 7.85. The first kappa shape index (κ1) is 21.0. The molecule has 2 amide bonds. The fourth-order valence-electron chi connectivity index (χ4n) is 4.31. The van der Waals surface area contributed by atoms with Gasteiger partial charge in [-0.05, 0) is 41.7 Å². The van der Waals surface area contributed by atoms with Crippen molar-refractivity contribution in [1.82, 2.24) is 9.80 Å². The number of nitrogens with zero attached hydrogens (tertiary/aromatic N) is 2. The van der Waals surface area contributed by atoms with Gasteiger partial charge in [0.1, 0.15) is 5.70 Å². The highest BCUT2D eigenvalue weighted by Crippen LogP contribution is 2.37. The molecule has 0 bridgehead atoms. The van der Waals surface area contributed by atoms with Gasteiger partial charge in [0, 0.05) is 19.6 Å². The molecule has 2 aliphatic rings. The molecule has 31 heavy (non-hydrogen) atoms. The highest BCUT2D eigenvalue weighted by atomic mass is 16.5. The summed E-state index contributed by atoms with van der Waals surface area (Å²) in [5.74, 6) is 0.671. The number of amides is 2. The van der Waals surface area contributed by atoms with Gasteiger partial charge in [0.05, 0.1) is 19.8 Å². The summed E-state index contributed by atoms with van der Waals surface area (Å²) >= 11 is 0. The average molecular weight is 421 g/mol. The summed E-state index contributed by atoms with van der Waals surface area (Å²) in [7, 11) is 3.14. The summed E-state index contributed by atoms with van der Waals surface area (Å²) in [6.45, 7) is 3.79. The fraction of sp³-hybridized carbons (Fsp3) is 0.360. The van der Waals surface area contributed by atoms with Gasteiger partial charge < -0.3 is 14.4 Å². The van der Waals surface area contributed by atoms with Gasteiger partial charge in [0.2, 0.25) is 0 Å². The summed E-state index contributed by atoms with van der Waals surface area (Å²) in [6, 6.07) is 13.7. The van der Waals surface area contributed by atoms with Crippen LogP contribution in [0, 0.1) is 0 Å². The highest BCUT2D eigenvalue weighted by Gasteiger charge is 2.42. The zero-order valence-electron chi connectivity index (χ0n) is 18.3. The molecule has 0 aliphatic carbocycles. The van der Waals surface area contributed by atoms with E-state index in [-0.39, 0.29) is 11.8 Å². The van der Waals surface area contributed by atoms with E-state index in [4.69, 9.17) is 9.47 Å². The maximum Gasteiger partial charge on any atom is 0.277 e. The van der Waals surface area contributed by atoms with Crippen LogP contribution in [0.15, 0.2) is 48.2 Å². The average Bonchev–Trinajstić information content (AvgIpc) is 3.06. The lowest BCUT2D eigenvalue weighted by molar-refractivity contribution is -0.137. The Morgan fingerprint density at radius 3 is 2.39 bits per heavy atom. The molecule has 162 valence electrons. The van der Waals surface area contributed by atoms with E-state index in [9.17, 15) is 9.59 Å². The predicted octanol–water partition coefficient (Wildman–Crippen LogP) is 3.64. The van der Waals surface area contributed by atoms with Crippen molar-refractivity contribution in [2.75, 3.05) is 27.3 Å². The van der Waals surface area contributed by atoms with E-state index in [0.29, 0.717) is 48.0 Å². The summed E-state index contributed by atoms with van der Waals surface area (Å²) in [6.07, 6.45) is 2.54. The third-order valence-electron chi connectivity index (χ3n) is 6.00. The molecule has 4 rings (SSSR count). The smallest absolute Gasteiger partial charge is 0.277 e. The maximum absolute atomic E-state index is 13.4. The Bertz CT molecular complexity index is 1040. The van der Waals surface area contributed by atoms with Crippen LogP contribution in [0.2, 0.25) is 0 Å². The van der Waals surface area contributed by atoms with E-state index in [1.807, 2.05) is 18.2 Å². The Balaban J connectivity index is 1.79. The van der Waals surface area contributed by atoms with Crippen molar-refractivity contribution in [1.29, 1.82) is 0 Å². The van der Waals surface area contributed by atoms with E-state index >= 15 is 0 Å². The predicted molar refractivity (Wildman–Crippen MR) is 119 cm³/mol. The van der Waals surface area contributed by atoms with Gasteiger partial charge >= 0.3 is 0 Å². The number of carbonyl (C=O) groups excluding carboxylic acids is 2. The van der Waals surface area contributed by atoms with Gasteiger partial charge in [-0.3, -0.25) is 14.5 Å². The van der Waals surface area contributed by atoms with Crippen molar-refractivity contribution in [3.05, 3.63) is 64.9 Å². The zero-order valence-corrected chi connectivity index (χ0v) is 18.3. The Hall–Kier alpha value is -3.28. The molecule has 6 nitrogen and oxygen atoms in total. The minimum Gasteiger partial charge on any atom is -0.493 e. The molecule has 0 spiro atoms. The van der Waals surface area contributed by atoms with Crippen LogP contribution in [-0.2, 0) is 22.6 Å². The van der Waals surface area contributed by atoms with Gasteiger partial charge in [-0.15, -0.1) is 0 Å². The van der Waals surface area contributed by atoms with Gasteiger partial charge in [-0.1, -0.05) is 43.7 Å². The van der Waals surface area contributed by atoms with Crippen LogP contribution < -0.4 is 9.47 Å². The Morgan fingerprint density at radius 2 is 1.68 bits per heavy atom. The summed E-state index contributed by atoms with van der Waals surface area (Å²) in [5.41, 5.74) is 4.10. The molecule has 2 aromatic rings. The molecule has 0 fully saturated rings. The monoisotopic (exact) mass is 420 g/mol. The first-order valence-electron chi connectivity index (χ1n) is 10.7. The van der Waals surface area contributed by atoms with E-state index in [2.05, 4.69) is 24.0 Å². The topological polar surface area (TPSA) is 59.1 Å². The molecule has 0 unspecified atom stereocenters. The Labute approximate surface area is 183 Å². The molecular formula is C25H28N2O4. The van der Waals surface area contributed by atoms with Gasteiger partial charge in [-0.2, -0.15) is 0 Å². The van der Waals surface area contributed by atoms with Gasteiger partial charge in [0.25, 0.3) is 11.8 Å². The number of methoxy groups -OCH3 is 2. The van der Waals surface area contributed by atoms with E-state index in [0.717, 1.165) is 19.3 Å². The standard InChI is InChI=1S/C25H28N2O4/c1-4-5-13-27-24(28)22(18-10-11-20(30-2)21(15-18)31-3)23(25(27)29)26-14-12-17-8-6-7-9-19(17)16-26/h6-11,15H,4-5,12-14,16H2,1-3H3. The van der Waals surface area contributed by atoms with Crippen LogP contribution in [0.25, 0.3) is 5.57 Å². The molecule has 0 aromatic heterocycles. The number of unbranched alkanes of at least 4 members (excludes halogenated alkanes) is 1. The quantitative estimate of drug-likeness (QED) is 0.640. The maximum atomic E-state index is 13.4. The Morgan fingerprint density at radius 1 is 0.935 bits per heavy atom. The number of ether oxygens (including phenoxy) is 2. The lowest BCUT2D eigenvalue weighted by atomic mass is 9.97. The molecule has 2 heterocycles. The largest absolute Gasteiger partial charge is 0.493 e. The fourth-order valence-corrected chi connectivity index (χ4v) is 4.31. The first-order valence-corrected chi connectivity index (χ1v) is 10.7. The highest BCUT2D eigenvalue weighted by molar-refractivity contribution is 6.35. The van der Waals surface area contributed by atoms with Crippen molar-refractivity contribution in [3.63, 3.8) is 0 Å². The number of carbonyl (C=O) groups is 2. The lowest BCUT2D eigenvalue weighted by Gasteiger charge is -2.31. The second-order valence-corrected chi connectivity index (χ2v) is 7.85. The van der Waals surface area contributed by atoms with Crippen molar-refractivity contribution < 1.29 is 19.1 Å².